The summed E-state index contributed by atoms with van der Waals surface area (Å²) < 4.78 is 37.5. The number of nitrogens with two attached hydrogens (primary N) is 1. The van der Waals surface area contributed by atoms with E-state index in [2.05, 4.69) is 28.6 Å². The standard InChI is InChI=1S/C13H24N4O4S/c1-9(2)7-17-4-5-20-11(8-17)6-15-22(18,19)12-10(3)21-16-13(12)14/h9,11,15H,4-8H2,1-3H3,(H2,14,16). The van der Waals surface area contributed by atoms with Crippen molar-refractivity contribution in [1.29, 1.82) is 0 Å². The maximum Gasteiger partial charge on any atom is 0.247 e. The molecule has 1 unspecified atom stereocenters. The van der Waals surface area contributed by atoms with E-state index in [0.717, 1.165) is 13.1 Å². The lowest BCUT2D eigenvalue weighted by Gasteiger charge is -2.33. The number of nitrogens with one attached hydrogen (secondary N) is 1. The summed E-state index contributed by atoms with van der Waals surface area (Å²) >= 11 is 0. The maximum absolute atomic E-state index is 12.3. The summed E-state index contributed by atoms with van der Waals surface area (Å²) in [5, 5.41) is 3.47. The zero-order valence-electron chi connectivity index (χ0n) is 13.2. The molecule has 1 aliphatic heterocycles. The van der Waals surface area contributed by atoms with Crippen molar-refractivity contribution in [1.82, 2.24) is 14.8 Å². The van der Waals surface area contributed by atoms with Crippen molar-refractivity contribution in [3.63, 3.8) is 0 Å². The van der Waals surface area contributed by atoms with Crippen LogP contribution in [0.4, 0.5) is 5.82 Å². The average molecular weight is 332 g/mol. The second kappa shape index (κ2) is 6.95. The molecular weight excluding hydrogens is 308 g/mol. The van der Waals surface area contributed by atoms with Gasteiger partial charge in [-0.1, -0.05) is 19.0 Å². The van der Waals surface area contributed by atoms with Crippen LogP contribution in [-0.2, 0) is 14.8 Å². The summed E-state index contributed by atoms with van der Waals surface area (Å²) in [6, 6.07) is 0. The summed E-state index contributed by atoms with van der Waals surface area (Å²) in [7, 11) is -3.75. The van der Waals surface area contributed by atoms with Gasteiger partial charge >= 0.3 is 0 Å². The Kier molecular flexibility index (Phi) is 5.43. The van der Waals surface area contributed by atoms with E-state index in [1.807, 2.05) is 0 Å². The van der Waals surface area contributed by atoms with Gasteiger partial charge in [0.25, 0.3) is 0 Å². The second-order valence-electron chi connectivity index (χ2n) is 5.95. The van der Waals surface area contributed by atoms with Gasteiger partial charge in [-0.2, -0.15) is 0 Å². The van der Waals surface area contributed by atoms with Crippen molar-refractivity contribution in [3.8, 4) is 0 Å². The van der Waals surface area contributed by atoms with Crippen LogP contribution in [0.25, 0.3) is 0 Å². The Bertz CT molecular complexity index is 580. The number of sulfonamides is 1. The van der Waals surface area contributed by atoms with Crippen LogP contribution in [0.15, 0.2) is 9.42 Å². The minimum Gasteiger partial charge on any atom is -0.380 e. The number of aromatic nitrogens is 1. The normalized spacial score (nSPS) is 20.6. The van der Waals surface area contributed by atoms with Gasteiger partial charge < -0.3 is 15.0 Å². The van der Waals surface area contributed by atoms with Gasteiger partial charge in [0.1, 0.15) is 0 Å². The number of morpholine rings is 1. The molecule has 8 nitrogen and oxygen atoms in total. The molecule has 1 aromatic heterocycles. The number of aryl methyl sites for hydroxylation is 1. The molecule has 1 fully saturated rings. The number of rotatable bonds is 6. The molecule has 2 heterocycles. The quantitative estimate of drug-likeness (QED) is 0.765. The molecule has 1 atom stereocenters. The molecule has 0 aromatic carbocycles. The van der Waals surface area contributed by atoms with E-state index in [1.165, 1.54) is 6.92 Å². The lowest BCUT2D eigenvalue weighted by atomic mass is 10.2. The van der Waals surface area contributed by atoms with Crippen molar-refractivity contribution in [2.45, 2.75) is 31.8 Å². The molecule has 0 bridgehead atoms. The summed E-state index contributed by atoms with van der Waals surface area (Å²) in [6.07, 6.45) is -0.177. The number of nitrogens with zero attached hydrogens (tertiary/aromatic N) is 2. The molecule has 0 amide bonds. The number of ether oxygens (including phenoxy) is 1. The van der Waals surface area contributed by atoms with Crippen LogP contribution in [0, 0.1) is 12.8 Å². The van der Waals surface area contributed by atoms with E-state index >= 15 is 0 Å². The van der Waals surface area contributed by atoms with Gasteiger partial charge in [0.15, 0.2) is 16.5 Å². The third-order valence-corrected chi connectivity index (χ3v) is 5.03. The maximum atomic E-state index is 12.3. The minimum atomic E-state index is -3.75. The number of nitrogen functional groups attached to an aromatic ring is 1. The molecule has 0 saturated carbocycles. The van der Waals surface area contributed by atoms with Gasteiger partial charge in [-0.15, -0.1) is 0 Å². The summed E-state index contributed by atoms with van der Waals surface area (Å²) in [5.74, 6) is 0.613. The van der Waals surface area contributed by atoms with Crippen molar-refractivity contribution in [2.75, 3.05) is 38.5 Å². The molecule has 1 aromatic rings. The van der Waals surface area contributed by atoms with E-state index in [-0.39, 0.29) is 29.1 Å². The summed E-state index contributed by atoms with van der Waals surface area (Å²) in [6.45, 7) is 9.19. The highest BCUT2D eigenvalue weighted by molar-refractivity contribution is 7.89. The Hall–Kier alpha value is -1.16. The van der Waals surface area contributed by atoms with Crippen LogP contribution in [0.3, 0.4) is 0 Å². The zero-order valence-corrected chi connectivity index (χ0v) is 14.0. The van der Waals surface area contributed by atoms with Crippen LogP contribution in [0.1, 0.15) is 19.6 Å². The zero-order chi connectivity index (χ0) is 16.3. The number of hydrogen-bond donors (Lipinski definition) is 2. The monoisotopic (exact) mass is 332 g/mol. The van der Waals surface area contributed by atoms with E-state index in [4.69, 9.17) is 15.0 Å². The van der Waals surface area contributed by atoms with Crippen molar-refractivity contribution in [3.05, 3.63) is 5.76 Å². The predicted molar refractivity (Wildman–Crippen MR) is 81.9 cm³/mol. The molecule has 1 aliphatic rings. The first kappa shape index (κ1) is 17.2. The van der Waals surface area contributed by atoms with E-state index in [1.54, 1.807) is 0 Å². The van der Waals surface area contributed by atoms with E-state index < -0.39 is 10.0 Å². The predicted octanol–water partition coefficient (Wildman–Crippen LogP) is 0.200. The summed E-state index contributed by atoms with van der Waals surface area (Å²) in [5.41, 5.74) is 5.55. The van der Waals surface area contributed by atoms with Gasteiger partial charge in [-0.25, -0.2) is 13.1 Å². The molecule has 126 valence electrons. The Morgan fingerprint density at radius 2 is 2.23 bits per heavy atom. The lowest BCUT2D eigenvalue weighted by molar-refractivity contribution is -0.0280. The number of anilines is 1. The van der Waals surface area contributed by atoms with Crippen molar-refractivity contribution < 1.29 is 17.7 Å². The van der Waals surface area contributed by atoms with Gasteiger partial charge in [0, 0.05) is 26.2 Å². The molecular formula is C13H24N4O4S. The first-order valence-corrected chi connectivity index (χ1v) is 8.83. The molecule has 0 aliphatic carbocycles. The Labute approximate surface area is 131 Å². The Morgan fingerprint density at radius 1 is 1.50 bits per heavy atom. The van der Waals surface area contributed by atoms with Crippen LogP contribution in [0.2, 0.25) is 0 Å². The molecule has 9 heteroatoms. The lowest BCUT2D eigenvalue weighted by Crippen LogP contribution is -2.48. The highest BCUT2D eigenvalue weighted by atomic mass is 32.2. The third-order valence-electron chi connectivity index (χ3n) is 3.45. The van der Waals surface area contributed by atoms with E-state index in [9.17, 15) is 8.42 Å². The largest absolute Gasteiger partial charge is 0.380 e. The van der Waals surface area contributed by atoms with Gasteiger partial charge in [0.2, 0.25) is 10.0 Å². The fraction of sp³-hybridized carbons (Fsp3) is 0.769. The van der Waals surface area contributed by atoms with Crippen LogP contribution in [0.5, 0.6) is 0 Å². The molecule has 2 rings (SSSR count). The van der Waals surface area contributed by atoms with Crippen LogP contribution in [-0.4, -0.2) is 57.4 Å². The highest BCUT2D eigenvalue weighted by Crippen LogP contribution is 2.21. The first-order chi connectivity index (χ1) is 10.3. The number of hydrogen-bond acceptors (Lipinski definition) is 7. The molecule has 22 heavy (non-hydrogen) atoms. The third kappa shape index (κ3) is 4.19. The Balaban J connectivity index is 1.95. The first-order valence-electron chi connectivity index (χ1n) is 7.35. The Morgan fingerprint density at radius 3 is 2.82 bits per heavy atom. The van der Waals surface area contributed by atoms with Gasteiger partial charge in [-0.05, 0) is 12.8 Å². The van der Waals surface area contributed by atoms with E-state index in [0.29, 0.717) is 19.1 Å². The fourth-order valence-corrected chi connectivity index (χ4v) is 3.85. The smallest absolute Gasteiger partial charge is 0.247 e. The molecule has 3 N–H and O–H groups in total. The molecule has 0 radical (unpaired) electrons. The topological polar surface area (TPSA) is 111 Å². The second-order valence-corrected chi connectivity index (χ2v) is 7.66. The van der Waals surface area contributed by atoms with Gasteiger partial charge in [0.05, 0.1) is 12.7 Å². The molecule has 0 spiro atoms. The average Bonchev–Trinajstić information content (AvgIpc) is 2.76. The van der Waals surface area contributed by atoms with Gasteiger partial charge in [-0.3, -0.25) is 4.90 Å². The van der Waals surface area contributed by atoms with Crippen LogP contribution >= 0.6 is 0 Å². The molecule has 1 saturated heterocycles. The minimum absolute atomic E-state index is 0.0951. The van der Waals surface area contributed by atoms with Crippen molar-refractivity contribution >= 4 is 15.8 Å². The van der Waals surface area contributed by atoms with Crippen LogP contribution < -0.4 is 10.5 Å². The van der Waals surface area contributed by atoms with Crippen molar-refractivity contribution in [2.24, 2.45) is 5.92 Å². The fourth-order valence-electron chi connectivity index (χ4n) is 2.57. The summed E-state index contributed by atoms with van der Waals surface area (Å²) in [4.78, 5) is 2.19. The highest BCUT2D eigenvalue weighted by Gasteiger charge is 2.27. The SMILES string of the molecule is Cc1onc(N)c1S(=O)(=O)NCC1CN(CC(C)C)CCO1.